The summed E-state index contributed by atoms with van der Waals surface area (Å²) in [4.78, 5) is 1.91. The minimum Gasteiger partial charge on any atom is -0.389 e. The van der Waals surface area contributed by atoms with E-state index in [1.54, 1.807) is 19.1 Å². The second-order valence-electron chi connectivity index (χ2n) is 4.77. The van der Waals surface area contributed by atoms with Crippen molar-refractivity contribution in [2.24, 2.45) is 0 Å². The highest BCUT2D eigenvalue weighted by Crippen LogP contribution is 2.23. The average molecular weight is 299 g/mol. The molecule has 120 valence electrons. The topological polar surface area (TPSA) is 41.9 Å². The molecule has 0 saturated heterocycles. The Labute approximate surface area is 126 Å². The van der Waals surface area contributed by atoms with Gasteiger partial charge in [0.25, 0.3) is 0 Å². The zero-order chi connectivity index (χ0) is 15.7. The van der Waals surface area contributed by atoms with Crippen LogP contribution in [0.3, 0.4) is 0 Å². The second-order valence-corrected chi connectivity index (χ2v) is 4.77. The van der Waals surface area contributed by atoms with Gasteiger partial charge in [0.15, 0.2) is 0 Å². The molecule has 0 fully saturated rings. The van der Waals surface area contributed by atoms with Gasteiger partial charge in [-0.1, -0.05) is 6.07 Å². The van der Waals surface area contributed by atoms with Gasteiger partial charge in [0.1, 0.15) is 5.82 Å². The van der Waals surface area contributed by atoms with Gasteiger partial charge in [-0.05, 0) is 38.5 Å². The summed E-state index contributed by atoms with van der Waals surface area (Å²) >= 11 is 0. The van der Waals surface area contributed by atoms with Crippen LogP contribution in [0.1, 0.15) is 32.4 Å². The zero-order valence-electron chi connectivity index (χ0n) is 13.1. The van der Waals surface area contributed by atoms with Gasteiger partial charge in [0.05, 0.1) is 25.0 Å². The fourth-order valence-electron chi connectivity index (χ4n) is 2.03. The fraction of sp³-hybridized carbons (Fsp3) is 0.625. The van der Waals surface area contributed by atoms with Gasteiger partial charge in [0.2, 0.25) is 0 Å². The van der Waals surface area contributed by atoms with Crippen LogP contribution in [0.5, 0.6) is 0 Å². The van der Waals surface area contributed by atoms with Gasteiger partial charge in [-0.25, -0.2) is 4.39 Å². The minimum atomic E-state index is -0.672. The number of nitrogens with zero attached hydrogens (tertiary/aromatic N) is 1. The maximum Gasteiger partial charge on any atom is 0.146 e. The van der Waals surface area contributed by atoms with Crippen LogP contribution in [-0.4, -0.2) is 44.6 Å². The number of halogens is 1. The largest absolute Gasteiger partial charge is 0.389 e. The van der Waals surface area contributed by atoms with Crippen LogP contribution in [0, 0.1) is 5.82 Å². The summed E-state index contributed by atoms with van der Waals surface area (Å²) in [5.74, 6) is -0.332. The summed E-state index contributed by atoms with van der Waals surface area (Å²) in [5, 5.41) is 9.50. The summed E-state index contributed by atoms with van der Waals surface area (Å²) in [6.07, 6.45) is -0.672. The van der Waals surface area contributed by atoms with Gasteiger partial charge in [-0.3, -0.25) is 0 Å². The van der Waals surface area contributed by atoms with Crippen molar-refractivity contribution in [2.75, 3.05) is 44.4 Å². The monoisotopic (exact) mass is 299 g/mol. The van der Waals surface area contributed by atoms with Crippen molar-refractivity contribution in [3.8, 4) is 0 Å². The van der Waals surface area contributed by atoms with E-state index >= 15 is 0 Å². The lowest BCUT2D eigenvalue weighted by Crippen LogP contribution is -2.31. The molecule has 0 aromatic heterocycles. The Balaban J connectivity index is 2.79. The standard InChI is InChI=1S/C16H26FNO3/c1-4-20-10-8-18(9-11-21-5-2)16-7-6-14(13(3)19)12-15(16)17/h6-7,12-13,19H,4-5,8-11H2,1-3H3/t13-/m1/s1. The maximum absolute atomic E-state index is 14.2. The predicted octanol–water partition coefficient (Wildman–Crippen LogP) is 2.76. The fourth-order valence-corrected chi connectivity index (χ4v) is 2.03. The number of rotatable bonds is 10. The van der Waals surface area contributed by atoms with Crippen LogP contribution in [-0.2, 0) is 9.47 Å². The van der Waals surface area contributed by atoms with E-state index in [9.17, 15) is 9.50 Å². The van der Waals surface area contributed by atoms with Crippen molar-refractivity contribution in [1.82, 2.24) is 0 Å². The lowest BCUT2D eigenvalue weighted by Gasteiger charge is -2.25. The van der Waals surface area contributed by atoms with E-state index in [0.717, 1.165) is 0 Å². The van der Waals surface area contributed by atoms with Crippen LogP contribution in [0.4, 0.5) is 10.1 Å². The number of aliphatic hydroxyl groups is 1. The first-order valence-corrected chi connectivity index (χ1v) is 7.48. The summed E-state index contributed by atoms with van der Waals surface area (Å²) in [7, 11) is 0. The molecular weight excluding hydrogens is 273 g/mol. The Morgan fingerprint density at radius 2 is 1.71 bits per heavy atom. The summed E-state index contributed by atoms with van der Waals surface area (Å²) in [6.45, 7) is 9.06. The van der Waals surface area contributed by atoms with Crippen molar-refractivity contribution in [2.45, 2.75) is 26.9 Å². The maximum atomic E-state index is 14.2. The van der Waals surface area contributed by atoms with E-state index in [4.69, 9.17) is 9.47 Å². The normalized spacial score (nSPS) is 12.4. The van der Waals surface area contributed by atoms with E-state index in [2.05, 4.69) is 0 Å². The molecule has 0 radical (unpaired) electrons. The highest BCUT2D eigenvalue weighted by Gasteiger charge is 2.13. The van der Waals surface area contributed by atoms with E-state index in [1.165, 1.54) is 6.07 Å². The van der Waals surface area contributed by atoms with Gasteiger partial charge in [0, 0.05) is 26.3 Å². The van der Waals surface area contributed by atoms with Crippen molar-refractivity contribution < 1.29 is 19.0 Å². The molecule has 21 heavy (non-hydrogen) atoms. The lowest BCUT2D eigenvalue weighted by atomic mass is 10.1. The molecule has 0 unspecified atom stereocenters. The van der Waals surface area contributed by atoms with Crippen molar-refractivity contribution in [3.05, 3.63) is 29.6 Å². The third-order valence-corrected chi connectivity index (χ3v) is 3.21. The zero-order valence-corrected chi connectivity index (χ0v) is 13.1. The number of ether oxygens (including phenoxy) is 2. The summed E-state index contributed by atoms with van der Waals surface area (Å²) in [6, 6.07) is 4.83. The lowest BCUT2D eigenvalue weighted by molar-refractivity contribution is 0.141. The van der Waals surface area contributed by atoms with Gasteiger partial charge in [-0.15, -0.1) is 0 Å². The summed E-state index contributed by atoms with van der Waals surface area (Å²) < 4.78 is 24.9. The van der Waals surface area contributed by atoms with Crippen LogP contribution in [0.25, 0.3) is 0 Å². The molecule has 1 rings (SSSR count). The molecule has 0 heterocycles. The molecule has 5 heteroatoms. The van der Waals surface area contributed by atoms with Crippen molar-refractivity contribution >= 4 is 5.69 Å². The van der Waals surface area contributed by atoms with Crippen LogP contribution >= 0.6 is 0 Å². The Morgan fingerprint density at radius 3 is 2.14 bits per heavy atom. The van der Waals surface area contributed by atoms with E-state index in [0.29, 0.717) is 50.8 Å². The number of hydrogen-bond donors (Lipinski definition) is 1. The Morgan fingerprint density at radius 1 is 1.14 bits per heavy atom. The predicted molar refractivity (Wildman–Crippen MR) is 82.2 cm³/mol. The highest BCUT2D eigenvalue weighted by molar-refractivity contribution is 5.49. The number of benzene rings is 1. The average Bonchev–Trinajstić information content (AvgIpc) is 2.46. The number of hydrogen-bond acceptors (Lipinski definition) is 4. The molecule has 0 aliphatic heterocycles. The van der Waals surface area contributed by atoms with E-state index < -0.39 is 6.10 Å². The van der Waals surface area contributed by atoms with E-state index in [1.807, 2.05) is 18.7 Å². The molecular formula is C16H26FNO3. The molecule has 1 aromatic carbocycles. The van der Waals surface area contributed by atoms with E-state index in [-0.39, 0.29) is 5.82 Å². The molecule has 1 atom stereocenters. The molecule has 0 aliphatic carbocycles. The molecule has 4 nitrogen and oxygen atoms in total. The molecule has 0 saturated carbocycles. The highest BCUT2D eigenvalue weighted by atomic mass is 19.1. The Kier molecular flexibility index (Phi) is 8.27. The molecule has 0 spiro atoms. The first kappa shape index (κ1) is 17.9. The van der Waals surface area contributed by atoms with Crippen molar-refractivity contribution in [3.63, 3.8) is 0 Å². The smallest absolute Gasteiger partial charge is 0.146 e. The second kappa shape index (κ2) is 9.71. The van der Waals surface area contributed by atoms with Gasteiger partial charge >= 0.3 is 0 Å². The molecule has 0 aliphatic rings. The SMILES string of the molecule is CCOCCN(CCOCC)c1ccc([C@@H](C)O)cc1F. The van der Waals surface area contributed by atoms with Crippen LogP contribution in [0.15, 0.2) is 18.2 Å². The molecule has 1 aromatic rings. The molecule has 1 N–H and O–H groups in total. The molecule has 0 bridgehead atoms. The van der Waals surface area contributed by atoms with Crippen molar-refractivity contribution in [1.29, 1.82) is 0 Å². The third-order valence-electron chi connectivity index (χ3n) is 3.21. The van der Waals surface area contributed by atoms with Gasteiger partial charge in [-0.2, -0.15) is 0 Å². The number of anilines is 1. The quantitative estimate of drug-likeness (QED) is 0.675. The van der Waals surface area contributed by atoms with Crippen LogP contribution < -0.4 is 4.90 Å². The first-order valence-electron chi connectivity index (χ1n) is 7.48. The minimum absolute atomic E-state index is 0.332. The van der Waals surface area contributed by atoms with Gasteiger partial charge < -0.3 is 19.5 Å². The first-order chi connectivity index (χ1) is 10.1. The Hall–Kier alpha value is -1.17. The summed E-state index contributed by atoms with van der Waals surface area (Å²) in [5.41, 5.74) is 1.09. The number of aliphatic hydroxyl groups excluding tert-OH is 1. The third kappa shape index (κ3) is 5.99. The van der Waals surface area contributed by atoms with Crippen LogP contribution in [0.2, 0.25) is 0 Å². The Bertz CT molecular complexity index is 403. The molecule has 0 amide bonds.